The quantitative estimate of drug-likeness (QED) is 0.644. The summed E-state index contributed by atoms with van der Waals surface area (Å²) in [4.78, 5) is 0. The van der Waals surface area contributed by atoms with Crippen LogP contribution < -0.4 is 5.32 Å². The fourth-order valence-electron chi connectivity index (χ4n) is 2.36. The van der Waals surface area contributed by atoms with Crippen LogP contribution in [0.3, 0.4) is 0 Å². The molecule has 0 atom stereocenters. The summed E-state index contributed by atoms with van der Waals surface area (Å²) >= 11 is 0. The molecule has 0 radical (unpaired) electrons. The monoisotopic (exact) mass is 259 g/mol. The largest absolute Gasteiger partial charge is 0.355 e. The maximum atomic E-state index is 3.49. The molecule has 3 rings (SSSR count). The number of anilines is 2. The van der Waals surface area contributed by atoms with E-state index in [9.17, 15) is 0 Å². The first kappa shape index (κ1) is 12.5. The summed E-state index contributed by atoms with van der Waals surface area (Å²) in [7, 11) is 0. The molecule has 0 spiro atoms. The fourth-order valence-corrected chi connectivity index (χ4v) is 2.36. The van der Waals surface area contributed by atoms with E-state index in [0.29, 0.717) is 0 Å². The second-order valence-electron chi connectivity index (χ2n) is 4.77. The van der Waals surface area contributed by atoms with Crippen molar-refractivity contribution in [3.05, 3.63) is 78.4 Å². The molecule has 1 nitrogen and oxygen atoms in total. The third-order valence-corrected chi connectivity index (χ3v) is 3.34. The SMILES string of the molecule is C/C=C/c1ccc(Nc2cccc3ccccc23)cc1. The van der Waals surface area contributed by atoms with E-state index in [1.807, 2.05) is 13.0 Å². The molecule has 0 unspecified atom stereocenters. The molecule has 0 aliphatic rings. The van der Waals surface area contributed by atoms with Crippen molar-refractivity contribution in [2.75, 3.05) is 5.32 Å². The Morgan fingerprint density at radius 1 is 0.800 bits per heavy atom. The van der Waals surface area contributed by atoms with Gasteiger partial charge in [0, 0.05) is 16.8 Å². The highest BCUT2D eigenvalue weighted by atomic mass is 14.9. The molecule has 98 valence electrons. The van der Waals surface area contributed by atoms with Crippen molar-refractivity contribution in [3.8, 4) is 0 Å². The maximum absolute atomic E-state index is 3.49. The number of hydrogen-bond donors (Lipinski definition) is 1. The molecule has 0 saturated carbocycles. The van der Waals surface area contributed by atoms with Gasteiger partial charge in [0.05, 0.1) is 0 Å². The Labute approximate surface area is 119 Å². The molecule has 0 bridgehead atoms. The van der Waals surface area contributed by atoms with Crippen LogP contribution in [0, 0.1) is 0 Å². The molecular weight excluding hydrogens is 242 g/mol. The summed E-state index contributed by atoms with van der Waals surface area (Å²) in [5.74, 6) is 0. The Morgan fingerprint density at radius 2 is 1.55 bits per heavy atom. The van der Waals surface area contributed by atoms with Crippen molar-refractivity contribution in [2.24, 2.45) is 0 Å². The lowest BCUT2D eigenvalue weighted by Gasteiger charge is -2.10. The molecule has 0 heterocycles. The maximum Gasteiger partial charge on any atom is 0.0463 e. The van der Waals surface area contributed by atoms with E-state index in [0.717, 1.165) is 11.4 Å². The highest BCUT2D eigenvalue weighted by Crippen LogP contribution is 2.26. The molecule has 3 aromatic rings. The van der Waals surface area contributed by atoms with Crippen LogP contribution in [0.1, 0.15) is 12.5 Å². The molecule has 0 aromatic heterocycles. The first-order chi connectivity index (χ1) is 9.86. The van der Waals surface area contributed by atoms with Gasteiger partial charge < -0.3 is 5.32 Å². The molecule has 1 heteroatoms. The first-order valence-electron chi connectivity index (χ1n) is 6.84. The van der Waals surface area contributed by atoms with E-state index in [-0.39, 0.29) is 0 Å². The third-order valence-electron chi connectivity index (χ3n) is 3.34. The lowest BCUT2D eigenvalue weighted by atomic mass is 10.1. The van der Waals surface area contributed by atoms with Crippen LogP contribution in [0.4, 0.5) is 11.4 Å². The minimum Gasteiger partial charge on any atom is -0.355 e. The average Bonchev–Trinajstić information content (AvgIpc) is 2.50. The molecule has 3 aromatic carbocycles. The molecule has 0 fully saturated rings. The van der Waals surface area contributed by atoms with Crippen molar-refractivity contribution in [1.82, 2.24) is 0 Å². The van der Waals surface area contributed by atoms with E-state index in [1.165, 1.54) is 16.3 Å². The van der Waals surface area contributed by atoms with Crippen LogP contribution in [0.5, 0.6) is 0 Å². The van der Waals surface area contributed by atoms with Gasteiger partial charge in [0.2, 0.25) is 0 Å². The zero-order valence-corrected chi connectivity index (χ0v) is 11.5. The van der Waals surface area contributed by atoms with Gasteiger partial charge in [-0.05, 0) is 36.1 Å². The zero-order valence-electron chi connectivity index (χ0n) is 11.5. The van der Waals surface area contributed by atoms with Gasteiger partial charge in [-0.3, -0.25) is 0 Å². The van der Waals surface area contributed by atoms with Crippen LogP contribution >= 0.6 is 0 Å². The second kappa shape index (κ2) is 5.62. The van der Waals surface area contributed by atoms with Gasteiger partial charge in [0.1, 0.15) is 0 Å². The van der Waals surface area contributed by atoms with Crippen molar-refractivity contribution >= 4 is 28.2 Å². The molecule has 1 N–H and O–H groups in total. The Kier molecular flexibility index (Phi) is 3.51. The van der Waals surface area contributed by atoms with Crippen LogP contribution in [0.2, 0.25) is 0 Å². The van der Waals surface area contributed by atoms with Gasteiger partial charge in [-0.25, -0.2) is 0 Å². The number of nitrogens with one attached hydrogen (secondary N) is 1. The van der Waals surface area contributed by atoms with Crippen molar-refractivity contribution in [1.29, 1.82) is 0 Å². The van der Waals surface area contributed by atoms with E-state index < -0.39 is 0 Å². The number of benzene rings is 3. The second-order valence-corrected chi connectivity index (χ2v) is 4.77. The third kappa shape index (κ3) is 2.57. The van der Waals surface area contributed by atoms with Gasteiger partial charge in [0.25, 0.3) is 0 Å². The summed E-state index contributed by atoms with van der Waals surface area (Å²) in [5.41, 5.74) is 3.47. The molecular formula is C19H17N. The molecule has 0 saturated heterocycles. The predicted molar refractivity (Wildman–Crippen MR) is 88.4 cm³/mol. The first-order valence-corrected chi connectivity index (χ1v) is 6.84. The number of hydrogen-bond acceptors (Lipinski definition) is 1. The average molecular weight is 259 g/mol. The minimum atomic E-state index is 1.11. The standard InChI is InChI=1S/C19H17N/c1-2-6-15-11-13-17(14-12-15)20-19-10-5-8-16-7-3-4-9-18(16)19/h2-14,20H,1H3/b6-2+. The zero-order chi connectivity index (χ0) is 13.8. The highest BCUT2D eigenvalue weighted by Gasteiger charge is 2.00. The summed E-state index contributed by atoms with van der Waals surface area (Å²) in [6.07, 6.45) is 4.15. The minimum absolute atomic E-state index is 1.11. The van der Waals surface area contributed by atoms with Crippen LogP contribution in [0.25, 0.3) is 16.8 Å². The van der Waals surface area contributed by atoms with Crippen LogP contribution in [0.15, 0.2) is 72.8 Å². The van der Waals surface area contributed by atoms with Gasteiger partial charge in [-0.1, -0.05) is 60.7 Å². The van der Waals surface area contributed by atoms with Gasteiger partial charge in [0.15, 0.2) is 0 Å². The summed E-state index contributed by atoms with van der Waals surface area (Å²) in [6, 6.07) is 23.2. The Bertz CT molecular complexity index is 734. The normalized spacial score (nSPS) is 11.1. The number of fused-ring (bicyclic) bond motifs is 1. The van der Waals surface area contributed by atoms with Crippen molar-refractivity contribution in [2.45, 2.75) is 6.92 Å². The van der Waals surface area contributed by atoms with Gasteiger partial charge >= 0.3 is 0 Å². The molecule has 20 heavy (non-hydrogen) atoms. The Morgan fingerprint density at radius 3 is 2.35 bits per heavy atom. The topological polar surface area (TPSA) is 12.0 Å². The van der Waals surface area contributed by atoms with E-state index in [2.05, 4.69) is 78.1 Å². The van der Waals surface area contributed by atoms with Crippen molar-refractivity contribution < 1.29 is 0 Å². The smallest absolute Gasteiger partial charge is 0.0463 e. The molecule has 0 aliphatic carbocycles. The fraction of sp³-hybridized carbons (Fsp3) is 0.0526. The molecule has 0 amide bonds. The number of allylic oxidation sites excluding steroid dienone is 1. The lowest BCUT2D eigenvalue weighted by molar-refractivity contribution is 1.56. The van der Waals surface area contributed by atoms with Crippen molar-refractivity contribution in [3.63, 3.8) is 0 Å². The highest BCUT2D eigenvalue weighted by molar-refractivity contribution is 5.95. The summed E-state index contributed by atoms with van der Waals surface area (Å²) < 4.78 is 0. The van der Waals surface area contributed by atoms with E-state index >= 15 is 0 Å². The Hall–Kier alpha value is -2.54. The summed E-state index contributed by atoms with van der Waals surface area (Å²) in [5, 5.41) is 5.99. The number of rotatable bonds is 3. The molecule has 0 aliphatic heterocycles. The summed E-state index contributed by atoms with van der Waals surface area (Å²) in [6.45, 7) is 2.03. The van der Waals surface area contributed by atoms with Crippen LogP contribution in [-0.2, 0) is 0 Å². The Balaban J connectivity index is 1.93. The van der Waals surface area contributed by atoms with Gasteiger partial charge in [-0.2, -0.15) is 0 Å². The van der Waals surface area contributed by atoms with Gasteiger partial charge in [-0.15, -0.1) is 0 Å². The van der Waals surface area contributed by atoms with Crippen LogP contribution in [-0.4, -0.2) is 0 Å². The van der Waals surface area contributed by atoms with E-state index in [4.69, 9.17) is 0 Å². The predicted octanol–water partition coefficient (Wildman–Crippen LogP) is 5.62. The lowest BCUT2D eigenvalue weighted by Crippen LogP contribution is -1.91. The van der Waals surface area contributed by atoms with E-state index in [1.54, 1.807) is 0 Å².